The number of halogens is 1. The molecule has 0 N–H and O–H groups in total. The smallest absolute Gasteiger partial charge is 0.106 e. The Balaban J connectivity index is 2.81. The first-order chi connectivity index (χ1) is 7.41. The molecular weight excluding hydrogens is 429 g/mol. The molecule has 0 nitrogen and oxygen atoms in total. The molecule has 0 aliphatic rings. The van der Waals surface area contributed by atoms with Gasteiger partial charge < -0.3 is 0 Å². The first kappa shape index (κ1) is 18.3. The van der Waals surface area contributed by atoms with Crippen molar-refractivity contribution in [1.82, 2.24) is 0 Å². The lowest BCUT2D eigenvalue weighted by Gasteiger charge is -1.97. The van der Waals surface area contributed by atoms with Crippen molar-refractivity contribution >= 4 is 132 Å². The second kappa shape index (κ2) is 17.3. The van der Waals surface area contributed by atoms with E-state index in [0.717, 1.165) is 94.1 Å². The summed E-state index contributed by atoms with van der Waals surface area (Å²) in [6.45, 7) is 0. The first-order valence-electron chi connectivity index (χ1n) is 6.97. The van der Waals surface area contributed by atoms with Crippen LogP contribution >= 0.6 is 11.1 Å². The lowest BCUT2D eigenvalue weighted by Crippen LogP contribution is -2.34. The molecule has 0 aromatic heterocycles. The van der Waals surface area contributed by atoms with Gasteiger partial charge in [0.1, 0.15) is 8.35 Å². The fraction of sp³-hybridized carbons (Fsp3) is 0. The van der Waals surface area contributed by atoms with Gasteiger partial charge in [0.2, 0.25) is 0 Å². The zero-order valence-electron chi connectivity index (χ0n) is 10.6. The molecule has 0 aliphatic heterocycles. The SMILES string of the molecule is [SiH3][SiH2][SiH2][SiH2][SiH2][SiH2][SiH2][SiH2][SiH2][SiH2][SiH2][SiH2][SiH2][SiH2]Cl. The summed E-state index contributed by atoms with van der Waals surface area (Å²) in [5.41, 5.74) is 0. The van der Waals surface area contributed by atoms with Crippen molar-refractivity contribution in [2.24, 2.45) is 0 Å². The van der Waals surface area contributed by atoms with Crippen molar-refractivity contribution in [3.8, 4) is 0 Å². The molecule has 0 unspecified atom stereocenters. The molecule has 0 aromatic rings. The van der Waals surface area contributed by atoms with Gasteiger partial charge in [-0.2, -0.15) is 11.1 Å². The van der Waals surface area contributed by atoms with E-state index in [1.54, 1.807) is 9.76 Å². The lowest BCUT2D eigenvalue weighted by atomic mass is 26.1. The van der Waals surface area contributed by atoms with Crippen LogP contribution in [-0.4, -0.2) is 121 Å². The Morgan fingerprint density at radius 3 is 1.20 bits per heavy atom. The summed E-state index contributed by atoms with van der Waals surface area (Å²) in [4.78, 5) is 0. The van der Waals surface area contributed by atoms with Crippen LogP contribution in [0.15, 0.2) is 0 Å². The minimum atomic E-state index is 0.150. The highest BCUT2D eigenvalue weighted by Crippen LogP contribution is 1.63. The highest BCUT2D eigenvalue weighted by molar-refractivity contribution is 7.73. The topological polar surface area (TPSA) is 0 Å². The van der Waals surface area contributed by atoms with Gasteiger partial charge in [-0.3, -0.25) is 0 Å². The summed E-state index contributed by atoms with van der Waals surface area (Å²) in [5, 5.41) is 0. The van der Waals surface area contributed by atoms with E-state index in [4.69, 9.17) is 11.1 Å². The molecule has 0 aromatic carbocycles. The van der Waals surface area contributed by atoms with E-state index in [9.17, 15) is 0 Å². The average Bonchev–Trinajstić information content (AvgIpc) is 2.26. The Morgan fingerprint density at radius 1 is 0.533 bits per heavy atom. The van der Waals surface area contributed by atoms with Crippen molar-refractivity contribution in [2.45, 2.75) is 0 Å². The summed E-state index contributed by atoms with van der Waals surface area (Å²) in [7, 11) is 11.9. The van der Waals surface area contributed by atoms with Gasteiger partial charge in [-0.25, -0.2) is 0 Å². The second-order valence-electron chi connectivity index (χ2n) is 4.58. The Bertz CT molecular complexity index is 89.5. The predicted octanol–water partition coefficient (Wildman–Crippen LogP) is -12.4. The molecule has 0 spiro atoms. The van der Waals surface area contributed by atoms with E-state index < -0.39 is 0 Å². The molecule has 0 aliphatic carbocycles. The quantitative estimate of drug-likeness (QED) is 0.155. The zero-order chi connectivity index (χ0) is 11.2. The van der Waals surface area contributed by atoms with E-state index in [2.05, 4.69) is 0 Å². The minimum absolute atomic E-state index is 0.150. The average molecular weight is 458 g/mol. The van der Waals surface area contributed by atoms with Gasteiger partial charge in [-0.1, -0.05) is 0 Å². The van der Waals surface area contributed by atoms with Crippen LogP contribution in [0.3, 0.4) is 0 Å². The second-order valence-corrected chi connectivity index (χ2v) is 124. The maximum atomic E-state index is 5.95. The molecule has 0 saturated heterocycles. The van der Waals surface area contributed by atoms with Crippen LogP contribution in [0.2, 0.25) is 0 Å². The zero-order valence-corrected chi connectivity index (χ0v) is 31.7. The fourth-order valence-electron chi connectivity index (χ4n) is 1.94. The van der Waals surface area contributed by atoms with E-state index in [-0.39, 0.29) is 8.35 Å². The molecule has 92 valence electrons. The van der Waals surface area contributed by atoms with Gasteiger partial charge in [0, 0.05) is 8.55 Å². The number of hydrogen-bond acceptors (Lipinski definition) is 0. The van der Waals surface area contributed by atoms with E-state index in [0.29, 0.717) is 8.55 Å². The molecular formula is H29ClSi14. The molecule has 0 bridgehead atoms. The van der Waals surface area contributed by atoms with Gasteiger partial charge in [0.15, 0.2) is 0 Å². The summed E-state index contributed by atoms with van der Waals surface area (Å²) in [5.74, 6) is 0. The molecule has 15 heteroatoms. The Hall–Kier alpha value is 3.33. The Morgan fingerprint density at radius 2 is 0.867 bits per heavy atom. The Kier molecular flexibility index (Phi) is 21.2. The predicted molar refractivity (Wildman–Crippen MR) is 127 cm³/mol. The van der Waals surface area contributed by atoms with Crippen molar-refractivity contribution in [1.29, 1.82) is 0 Å². The van der Waals surface area contributed by atoms with Crippen LogP contribution < -0.4 is 0 Å². The number of rotatable bonds is 12. The van der Waals surface area contributed by atoms with E-state index in [1.807, 2.05) is 0 Å². The summed E-state index contributed by atoms with van der Waals surface area (Å²) < 4.78 is 0. The van der Waals surface area contributed by atoms with Crippen LogP contribution in [0.25, 0.3) is 0 Å². The minimum Gasteiger partial charge on any atom is -0.181 e. The third-order valence-electron chi connectivity index (χ3n) is 2.99. The van der Waals surface area contributed by atoms with Crippen LogP contribution in [-0.2, 0) is 0 Å². The summed E-state index contributed by atoms with van der Waals surface area (Å²) in [6, 6.07) is 0. The fourth-order valence-corrected chi connectivity index (χ4v) is 470. The maximum absolute atomic E-state index is 5.95. The molecule has 15 heavy (non-hydrogen) atoms. The molecule has 0 heterocycles. The first-order valence-corrected chi connectivity index (χ1v) is 62.8. The Labute approximate surface area is 130 Å². The lowest BCUT2D eigenvalue weighted by molar-refractivity contribution is 3.79. The van der Waals surface area contributed by atoms with Crippen LogP contribution in [0.5, 0.6) is 0 Å². The van der Waals surface area contributed by atoms with Crippen molar-refractivity contribution in [3.05, 3.63) is 0 Å². The van der Waals surface area contributed by atoms with Crippen molar-refractivity contribution in [2.75, 3.05) is 0 Å². The molecule has 0 atom stereocenters. The third kappa shape index (κ3) is 17.3. The van der Waals surface area contributed by atoms with Gasteiger partial charge >= 0.3 is 0 Å². The highest BCUT2D eigenvalue weighted by atomic mass is 35.6. The van der Waals surface area contributed by atoms with Gasteiger partial charge in [0.05, 0.1) is 0 Å². The van der Waals surface area contributed by atoms with Crippen LogP contribution in [0.1, 0.15) is 0 Å². The van der Waals surface area contributed by atoms with Crippen LogP contribution in [0.4, 0.5) is 0 Å². The molecule has 0 rings (SSSR count). The van der Waals surface area contributed by atoms with Gasteiger partial charge in [0.25, 0.3) is 0 Å². The highest BCUT2D eigenvalue weighted by Gasteiger charge is 1.96. The largest absolute Gasteiger partial charge is 0.181 e. The molecule has 0 amide bonds. The van der Waals surface area contributed by atoms with Gasteiger partial charge in [-0.05, 0) is 104 Å². The normalized spacial score (nSPS) is 21.4. The third-order valence-corrected chi connectivity index (χ3v) is 242. The maximum Gasteiger partial charge on any atom is 0.106 e. The molecule has 0 fully saturated rings. The van der Waals surface area contributed by atoms with E-state index >= 15 is 0 Å². The van der Waals surface area contributed by atoms with Crippen molar-refractivity contribution in [3.63, 3.8) is 0 Å². The van der Waals surface area contributed by atoms with Crippen molar-refractivity contribution < 1.29 is 0 Å². The summed E-state index contributed by atoms with van der Waals surface area (Å²) in [6.07, 6.45) is 0. The van der Waals surface area contributed by atoms with E-state index in [1.165, 1.54) is 0 Å². The number of hydrogen-bond donors (Lipinski definition) is 0. The van der Waals surface area contributed by atoms with Gasteiger partial charge in [-0.15, -0.1) is 0 Å². The molecule has 0 saturated carbocycles. The summed E-state index contributed by atoms with van der Waals surface area (Å²) >= 11 is 5.95. The monoisotopic (exact) mass is 456 g/mol. The van der Waals surface area contributed by atoms with Crippen LogP contribution in [0, 0.1) is 0 Å². The molecule has 0 radical (unpaired) electrons. The standard InChI is InChI=1S/ClH29Si14/c1-3-5-7-9-11-13-15-14-12-10-8-6-4-2/h3-15H2,2H3.